The molecule has 1 atom stereocenters. The Morgan fingerprint density at radius 3 is 2.81 bits per heavy atom. The molecule has 162 valence electrons. The highest BCUT2D eigenvalue weighted by atomic mass is 19.1. The third-order valence-corrected chi connectivity index (χ3v) is 5.15. The molecule has 0 saturated carbocycles. The number of amides is 1. The number of hydrogen-bond donors (Lipinski definition) is 2. The van der Waals surface area contributed by atoms with Gasteiger partial charge in [-0.25, -0.2) is 19.2 Å². The van der Waals surface area contributed by atoms with Crippen LogP contribution in [0.2, 0.25) is 0 Å². The second kappa shape index (κ2) is 8.85. The zero-order valence-electron chi connectivity index (χ0n) is 17.5. The van der Waals surface area contributed by atoms with Crippen molar-refractivity contribution in [3.05, 3.63) is 48.3 Å². The van der Waals surface area contributed by atoms with Gasteiger partial charge in [-0.2, -0.15) is 0 Å². The quantitative estimate of drug-likeness (QED) is 0.641. The van der Waals surface area contributed by atoms with Crippen molar-refractivity contribution in [2.24, 2.45) is 5.92 Å². The Labute approximate surface area is 179 Å². The van der Waals surface area contributed by atoms with Crippen LogP contribution in [0.15, 0.2) is 42.5 Å². The molecular weight excluding hydrogens is 399 g/mol. The standard InChI is InChI=1S/C23H25FN4O3/c1-14(2)13-31-23(30)28(16-9-10-25-12-16)22-18-11-15(24)7-8-19(18)26-21(27-22)17-5-3-4-6-20(17)29/h3-8,11,14,16,25,29H,9-10,12-13H2,1-2H3/t16-/m1/s1. The summed E-state index contributed by atoms with van der Waals surface area (Å²) in [5, 5.41) is 14.0. The average Bonchev–Trinajstić information content (AvgIpc) is 3.27. The minimum Gasteiger partial charge on any atom is -0.507 e. The van der Waals surface area contributed by atoms with Crippen LogP contribution in [0.1, 0.15) is 20.3 Å². The van der Waals surface area contributed by atoms with Crippen LogP contribution in [0, 0.1) is 11.7 Å². The predicted octanol–water partition coefficient (Wildman–Crippen LogP) is 4.10. The molecule has 1 aliphatic rings. The number of carbonyl (C=O) groups is 1. The van der Waals surface area contributed by atoms with Crippen LogP contribution in [0.5, 0.6) is 5.75 Å². The van der Waals surface area contributed by atoms with Crippen LogP contribution < -0.4 is 10.2 Å². The van der Waals surface area contributed by atoms with Crippen molar-refractivity contribution in [1.29, 1.82) is 0 Å². The van der Waals surface area contributed by atoms with Crippen molar-refractivity contribution >= 4 is 22.8 Å². The number of para-hydroxylation sites is 1. The lowest BCUT2D eigenvalue weighted by Gasteiger charge is -2.28. The van der Waals surface area contributed by atoms with E-state index in [0.717, 1.165) is 6.54 Å². The molecule has 2 aromatic carbocycles. The molecule has 0 unspecified atom stereocenters. The smallest absolute Gasteiger partial charge is 0.415 e. The van der Waals surface area contributed by atoms with Gasteiger partial charge in [-0.3, -0.25) is 4.90 Å². The normalized spacial score (nSPS) is 16.1. The highest BCUT2D eigenvalue weighted by Gasteiger charge is 2.32. The Balaban J connectivity index is 1.90. The topological polar surface area (TPSA) is 87.6 Å². The van der Waals surface area contributed by atoms with E-state index in [1.54, 1.807) is 30.3 Å². The summed E-state index contributed by atoms with van der Waals surface area (Å²) < 4.78 is 19.7. The SMILES string of the molecule is CC(C)COC(=O)N(c1nc(-c2ccccc2O)nc2ccc(F)cc12)[C@@H]1CCNC1. The Morgan fingerprint density at radius 1 is 1.29 bits per heavy atom. The second-order valence-electron chi connectivity index (χ2n) is 8.04. The number of halogens is 1. The van der Waals surface area contributed by atoms with Gasteiger partial charge in [0.2, 0.25) is 0 Å². The van der Waals surface area contributed by atoms with E-state index in [1.165, 1.54) is 17.0 Å². The summed E-state index contributed by atoms with van der Waals surface area (Å²) in [7, 11) is 0. The van der Waals surface area contributed by atoms with Crippen molar-refractivity contribution in [3.63, 3.8) is 0 Å². The highest BCUT2D eigenvalue weighted by molar-refractivity contribution is 5.99. The van der Waals surface area contributed by atoms with Gasteiger partial charge in [-0.1, -0.05) is 26.0 Å². The summed E-state index contributed by atoms with van der Waals surface area (Å²) in [6, 6.07) is 10.7. The van der Waals surface area contributed by atoms with Gasteiger partial charge >= 0.3 is 6.09 Å². The largest absolute Gasteiger partial charge is 0.507 e. The number of anilines is 1. The van der Waals surface area contributed by atoms with E-state index in [9.17, 15) is 14.3 Å². The number of hydrogen-bond acceptors (Lipinski definition) is 6. The molecule has 4 rings (SSSR count). The molecule has 31 heavy (non-hydrogen) atoms. The van der Waals surface area contributed by atoms with Crippen molar-refractivity contribution < 1.29 is 19.0 Å². The van der Waals surface area contributed by atoms with Gasteiger partial charge in [0.15, 0.2) is 5.82 Å². The molecule has 1 aliphatic heterocycles. The fourth-order valence-corrected chi connectivity index (χ4v) is 3.63. The molecule has 0 radical (unpaired) electrons. The van der Waals surface area contributed by atoms with Gasteiger partial charge in [0.1, 0.15) is 17.4 Å². The van der Waals surface area contributed by atoms with Crippen LogP contribution in [-0.2, 0) is 4.74 Å². The van der Waals surface area contributed by atoms with Gasteiger partial charge in [0.05, 0.1) is 23.7 Å². The van der Waals surface area contributed by atoms with E-state index in [0.29, 0.717) is 29.4 Å². The number of carbonyl (C=O) groups excluding carboxylic acids is 1. The number of benzene rings is 2. The number of nitrogens with zero attached hydrogens (tertiary/aromatic N) is 3. The van der Waals surface area contributed by atoms with Crippen molar-refractivity contribution in [1.82, 2.24) is 15.3 Å². The maximum absolute atomic E-state index is 14.2. The summed E-state index contributed by atoms with van der Waals surface area (Å²) in [6.07, 6.45) is 0.179. The molecule has 1 fully saturated rings. The van der Waals surface area contributed by atoms with Gasteiger partial charge in [0.25, 0.3) is 0 Å². The minimum atomic E-state index is -0.533. The van der Waals surface area contributed by atoms with E-state index in [2.05, 4.69) is 15.3 Å². The lowest BCUT2D eigenvalue weighted by molar-refractivity contribution is 0.138. The van der Waals surface area contributed by atoms with Crippen LogP contribution in [0.3, 0.4) is 0 Å². The number of rotatable bonds is 5. The fraction of sp³-hybridized carbons (Fsp3) is 0.348. The molecule has 1 amide bonds. The number of aromatic nitrogens is 2. The van der Waals surface area contributed by atoms with Gasteiger partial charge in [0, 0.05) is 11.9 Å². The number of phenolic OH excluding ortho intramolecular Hbond substituents is 1. The van der Waals surface area contributed by atoms with Crippen LogP contribution in [0.4, 0.5) is 15.0 Å². The van der Waals surface area contributed by atoms with Crippen LogP contribution in [-0.4, -0.2) is 46.9 Å². The molecule has 2 heterocycles. The van der Waals surface area contributed by atoms with Gasteiger partial charge in [-0.05, 0) is 49.2 Å². The van der Waals surface area contributed by atoms with E-state index >= 15 is 0 Å². The number of fused-ring (bicyclic) bond motifs is 1. The lowest BCUT2D eigenvalue weighted by atomic mass is 10.1. The number of ether oxygens (including phenoxy) is 1. The van der Waals surface area contributed by atoms with Crippen molar-refractivity contribution in [3.8, 4) is 17.1 Å². The van der Waals surface area contributed by atoms with E-state index < -0.39 is 11.9 Å². The van der Waals surface area contributed by atoms with E-state index in [1.807, 2.05) is 13.8 Å². The lowest BCUT2D eigenvalue weighted by Crippen LogP contribution is -2.43. The molecule has 0 aliphatic carbocycles. The first kappa shape index (κ1) is 21.0. The first-order valence-corrected chi connectivity index (χ1v) is 10.4. The summed E-state index contributed by atoms with van der Waals surface area (Å²) in [4.78, 5) is 23.8. The molecule has 1 aromatic heterocycles. The molecule has 2 N–H and O–H groups in total. The van der Waals surface area contributed by atoms with Crippen LogP contribution >= 0.6 is 0 Å². The first-order chi connectivity index (χ1) is 14.9. The van der Waals surface area contributed by atoms with Crippen LogP contribution in [0.25, 0.3) is 22.3 Å². The maximum Gasteiger partial charge on any atom is 0.415 e. The Morgan fingerprint density at radius 2 is 2.10 bits per heavy atom. The first-order valence-electron chi connectivity index (χ1n) is 10.4. The summed E-state index contributed by atoms with van der Waals surface area (Å²) in [5.74, 6) is 0.257. The molecule has 0 bridgehead atoms. The molecule has 8 heteroatoms. The Hall–Kier alpha value is -3.26. The fourth-order valence-electron chi connectivity index (χ4n) is 3.63. The van der Waals surface area contributed by atoms with Gasteiger partial charge in [-0.15, -0.1) is 0 Å². The Bertz CT molecular complexity index is 1100. The maximum atomic E-state index is 14.2. The number of aromatic hydroxyl groups is 1. The van der Waals surface area contributed by atoms with Gasteiger partial charge < -0.3 is 15.2 Å². The molecule has 1 saturated heterocycles. The summed E-state index contributed by atoms with van der Waals surface area (Å²) in [6.45, 7) is 5.51. The van der Waals surface area contributed by atoms with E-state index in [4.69, 9.17) is 4.74 Å². The third-order valence-electron chi connectivity index (χ3n) is 5.15. The summed E-state index contributed by atoms with van der Waals surface area (Å²) >= 11 is 0. The average molecular weight is 424 g/mol. The number of phenols is 1. The zero-order valence-corrected chi connectivity index (χ0v) is 17.5. The van der Waals surface area contributed by atoms with Crippen molar-refractivity contribution in [2.75, 3.05) is 24.6 Å². The number of nitrogens with one attached hydrogen (secondary N) is 1. The molecule has 7 nitrogen and oxygen atoms in total. The molecular formula is C23H25FN4O3. The Kier molecular flexibility index (Phi) is 5.99. The monoisotopic (exact) mass is 424 g/mol. The molecule has 3 aromatic rings. The zero-order chi connectivity index (χ0) is 22.0. The summed E-state index contributed by atoms with van der Waals surface area (Å²) in [5.41, 5.74) is 0.896. The molecule has 0 spiro atoms. The predicted molar refractivity (Wildman–Crippen MR) is 117 cm³/mol. The van der Waals surface area contributed by atoms with Crippen molar-refractivity contribution in [2.45, 2.75) is 26.3 Å². The second-order valence-corrected chi connectivity index (χ2v) is 8.04. The van der Waals surface area contributed by atoms with E-state index in [-0.39, 0.29) is 36.0 Å². The minimum absolute atomic E-state index is 0.0198. The third kappa shape index (κ3) is 4.44. The highest BCUT2D eigenvalue weighted by Crippen LogP contribution is 2.33.